The minimum atomic E-state index is 0.734. The van der Waals surface area contributed by atoms with Crippen molar-refractivity contribution in [3.8, 4) is 0 Å². The number of aryl methyl sites for hydroxylation is 1. The first-order valence-electron chi connectivity index (χ1n) is 7.11. The van der Waals surface area contributed by atoms with Crippen molar-refractivity contribution in [1.29, 1.82) is 0 Å². The second-order valence-electron chi connectivity index (χ2n) is 5.50. The molecule has 2 heteroatoms. The summed E-state index contributed by atoms with van der Waals surface area (Å²) in [5, 5.41) is 5.12. The second-order valence-corrected chi connectivity index (χ2v) is 5.50. The van der Waals surface area contributed by atoms with Crippen molar-refractivity contribution in [3.05, 3.63) is 36.0 Å². The number of rotatable bonds is 3. The van der Waals surface area contributed by atoms with Gasteiger partial charge in [0.05, 0.1) is 0 Å². The molecule has 1 N–H and O–H groups in total. The summed E-state index contributed by atoms with van der Waals surface area (Å²) in [5.41, 5.74) is 2.76. The normalized spacial score (nSPS) is 17.4. The lowest BCUT2D eigenvalue weighted by Crippen LogP contribution is -2.30. The Hall–Kier alpha value is -1.28. The van der Waals surface area contributed by atoms with Gasteiger partial charge in [-0.15, -0.1) is 0 Å². The number of para-hydroxylation sites is 1. The van der Waals surface area contributed by atoms with Gasteiger partial charge in [-0.05, 0) is 24.5 Å². The molecule has 0 bridgehead atoms. The molecule has 1 saturated carbocycles. The fourth-order valence-corrected chi connectivity index (χ4v) is 3.13. The molecule has 1 heterocycles. The maximum atomic E-state index is 3.73. The predicted molar refractivity (Wildman–Crippen MR) is 76.6 cm³/mol. The topological polar surface area (TPSA) is 17.0 Å². The summed E-state index contributed by atoms with van der Waals surface area (Å²) < 4.78 is 2.23. The Morgan fingerprint density at radius 1 is 1.17 bits per heavy atom. The third kappa shape index (κ3) is 2.30. The lowest BCUT2D eigenvalue weighted by Gasteiger charge is -2.22. The van der Waals surface area contributed by atoms with Gasteiger partial charge in [0.2, 0.25) is 0 Å². The highest BCUT2D eigenvalue weighted by Crippen LogP contribution is 2.22. The van der Waals surface area contributed by atoms with Gasteiger partial charge in [-0.2, -0.15) is 0 Å². The molecule has 2 nitrogen and oxygen atoms in total. The van der Waals surface area contributed by atoms with Crippen LogP contribution >= 0.6 is 0 Å². The number of hydrogen-bond donors (Lipinski definition) is 1. The Balaban J connectivity index is 1.74. The van der Waals surface area contributed by atoms with Crippen molar-refractivity contribution < 1.29 is 0 Å². The minimum absolute atomic E-state index is 0.734. The molecule has 96 valence electrons. The molecule has 1 aromatic carbocycles. The van der Waals surface area contributed by atoms with Crippen LogP contribution in [-0.4, -0.2) is 10.6 Å². The van der Waals surface area contributed by atoms with E-state index in [1.807, 2.05) is 0 Å². The molecule has 0 atom stereocenters. The quantitative estimate of drug-likeness (QED) is 0.870. The van der Waals surface area contributed by atoms with E-state index in [1.54, 1.807) is 0 Å². The summed E-state index contributed by atoms with van der Waals surface area (Å²) in [4.78, 5) is 0. The lowest BCUT2D eigenvalue weighted by atomic mass is 9.95. The van der Waals surface area contributed by atoms with E-state index in [2.05, 4.69) is 47.4 Å². The third-order valence-electron chi connectivity index (χ3n) is 4.17. The van der Waals surface area contributed by atoms with Crippen LogP contribution in [0.15, 0.2) is 30.5 Å². The largest absolute Gasteiger partial charge is 0.350 e. The van der Waals surface area contributed by atoms with E-state index < -0.39 is 0 Å². The number of nitrogens with one attached hydrogen (secondary N) is 1. The molecule has 0 saturated heterocycles. The van der Waals surface area contributed by atoms with E-state index in [0.29, 0.717) is 0 Å². The van der Waals surface area contributed by atoms with Crippen molar-refractivity contribution in [3.63, 3.8) is 0 Å². The molecule has 18 heavy (non-hydrogen) atoms. The van der Waals surface area contributed by atoms with E-state index in [9.17, 15) is 0 Å². The van der Waals surface area contributed by atoms with Crippen LogP contribution in [0, 0.1) is 0 Å². The Bertz CT molecular complexity index is 521. The zero-order valence-electron chi connectivity index (χ0n) is 11.2. The molecule has 1 fully saturated rings. The standard InChI is InChI=1S/C16H22N2/c1-18-12-13(15-9-5-6-10-16(15)18)11-17-14-7-3-2-4-8-14/h5-6,9-10,12,14,17H,2-4,7-8,11H2,1H3. The number of hydrogen-bond acceptors (Lipinski definition) is 1. The highest BCUT2D eigenvalue weighted by atomic mass is 14.9. The predicted octanol–water partition coefficient (Wildman–Crippen LogP) is 3.60. The number of nitrogens with zero attached hydrogens (tertiary/aromatic N) is 1. The zero-order valence-corrected chi connectivity index (χ0v) is 11.2. The molecule has 1 aliphatic carbocycles. The van der Waals surface area contributed by atoms with Crippen LogP contribution in [-0.2, 0) is 13.6 Å². The van der Waals surface area contributed by atoms with Crippen LogP contribution in [0.2, 0.25) is 0 Å². The van der Waals surface area contributed by atoms with Gasteiger partial charge in [0.1, 0.15) is 0 Å². The van der Waals surface area contributed by atoms with Crippen molar-refractivity contribution in [1.82, 2.24) is 9.88 Å². The smallest absolute Gasteiger partial charge is 0.0481 e. The van der Waals surface area contributed by atoms with Gasteiger partial charge < -0.3 is 9.88 Å². The first-order valence-corrected chi connectivity index (χ1v) is 7.11. The highest BCUT2D eigenvalue weighted by Gasteiger charge is 2.13. The summed E-state index contributed by atoms with van der Waals surface area (Å²) in [6, 6.07) is 9.40. The average molecular weight is 242 g/mol. The lowest BCUT2D eigenvalue weighted by molar-refractivity contribution is 0.372. The van der Waals surface area contributed by atoms with Gasteiger partial charge in [0.15, 0.2) is 0 Å². The molecule has 0 amide bonds. The average Bonchev–Trinajstić information content (AvgIpc) is 2.75. The molecule has 2 aromatic rings. The van der Waals surface area contributed by atoms with Crippen molar-refractivity contribution in [2.75, 3.05) is 0 Å². The molecular formula is C16H22N2. The maximum absolute atomic E-state index is 3.73. The second kappa shape index (κ2) is 5.15. The van der Waals surface area contributed by atoms with E-state index in [-0.39, 0.29) is 0 Å². The summed E-state index contributed by atoms with van der Waals surface area (Å²) in [6.45, 7) is 1.01. The van der Waals surface area contributed by atoms with Crippen LogP contribution in [0.5, 0.6) is 0 Å². The molecule has 3 rings (SSSR count). The van der Waals surface area contributed by atoms with Crippen LogP contribution < -0.4 is 5.32 Å². The fourth-order valence-electron chi connectivity index (χ4n) is 3.13. The van der Waals surface area contributed by atoms with Crippen LogP contribution in [0.4, 0.5) is 0 Å². The van der Waals surface area contributed by atoms with Crippen molar-refractivity contribution in [2.45, 2.75) is 44.7 Å². The van der Waals surface area contributed by atoms with E-state index in [1.165, 1.54) is 48.6 Å². The van der Waals surface area contributed by atoms with Crippen LogP contribution in [0.3, 0.4) is 0 Å². The van der Waals surface area contributed by atoms with Gasteiger partial charge in [0, 0.05) is 36.7 Å². The van der Waals surface area contributed by atoms with Gasteiger partial charge in [0.25, 0.3) is 0 Å². The molecule has 0 aliphatic heterocycles. The first kappa shape index (κ1) is 11.8. The van der Waals surface area contributed by atoms with E-state index in [0.717, 1.165) is 12.6 Å². The van der Waals surface area contributed by atoms with E-state index in [4.69, 9.17) is 0 Å². The van der Waals surface area contributed by atoms with Crippen LogP contribution in [0.25, 0.3) is 10.9 Å². The molecule has 0 spiro atoms. The Kier molecular flexibility index (Phi) is 3.37. The van der Waals surface area contributed by atoms with Crippen molar-refractivity contribution in [2.24, 2.45) is 7.05 Å². The van der Waals surface area contributed by atoms with Gasteiger partial charge in [-0.1, -0.05) is 37.5 Å². The Labute approximate surface area is 109 Å². The molecule has 1 aliphatic rings. The highest BCUT2D eigenvalue weighted by molar-refractivity contribution is 5.83. The maximum Gasteiger partial charge on any atom is 0.0481 e. The number of fused-ring (bicyclic) bond motifs is 1. The SMILES string of the molecule is Cn1cc(CNC2CCCCC2)c2ccccc21. The summed E-state index contributed by atoms with van der Waals surface area (Å²) in [7, 11) is 2.13. The van der Waals surface area contributed by atoms with Gasteiger partial charge in [-0.3, -0.25) is 0 Å². The molecule has 0 radical (unpaired) electrons. The summed E-state index contributed by atoms with van der Waals surface area (Å²) in [5.74, 6) is 0. The zero-order chi connectivity index (χ0) is 12.4. The third-order valence-corrected chi connectivity index (χ3v) is 4.17. The monoisotopic (exact) mass is 242 g/mol. The number of benzene rings is 1. The number of aromatic nitrogens is 1. The van der Waals surface area contributed by atoms with Crippen molar-refractivity contribution >= 4 is 10.9 Å². The van der Waals surface area contributed by atoms with E-state index >= 15 is 0 Å². The summed E-state index contributed by atoms with van der Waals surface area (Å²) in [6.07, 6.45) is 9.18. The Morgan fingerprint density at radius 2 is 1.94 bits per heavy atom. The fraction of sp³-hybridized carbons (Fsp3) is 0.500. The molecule has 1 aromatic heterocycles. The van der Waals surface area contributed by atoms with Gasteiger partial charge in [-0.25, -0.2) is 0 Å². The van der Waals surface area contributed by atoms with Crippen LogP contribution in [0.1, 0.15) is 37.7 Å². The Morgan fingerprint density at radius 3 is 2.78 bits per heavy atom. The molecule has 0 unspecified atom stereocenters. The summed E-state index contributed by atoms with van der Waals surface area (Å²) >= 11 is 0. The van der Waals surface area contributed by atoms with Gasteiger partial charge >= 0.3 is 0 Å². The first-order chi connectivity index (χ1) is 8.84. The molecular weight excluding hydrogens is 220 g/mol. The minimum Gasteiger partial charge on any atom is -0.350 e.